The molecule has 3 rings (SSSR count). The van der Waals surface area contributed by atoms with Gasteiger partial charge >= 0.3 is 5.97 Å². The van der Waals surface area contributed by atoms with Crippen LogP contribution in [0.4, 0.5) is 0 Å². The van der Waals surface area contributed by atoms with Gasteiger partial charge in [0.15, 0.2) is 0 Å². The van der Waals surface area contributed by atoms with E-state index < -0.39 is 35.9 Å². The first-order valence-corrected chi connectivity index (χ1v) is 11.6. The van der Waals surface area contributed by atoms with Crippen LogP contribution in [-0.2, 0) is 14.4 Å². The Morgan fingerprint density at radius 3 is 2.45 bits per heavy atom. The van der Waals surface area contributed by atoms with Crippen LogP contribution < -0.4 is 10.6 Å². The van der Waals surface area contributed by atoms with Crippen molar-refractivity contribution in [3.63, 3.8) is 0 Å². The van der Waals surface area contributed by atoms with Crippen LogP contribution >= 0.6 is 11.8 Å². The summed E-state index contributed by atoms with van der Waals surface area (Å²) in [5.41, 5.74) is 1.51. The van der Waals surface area contributed by atoms with E-state index in [0.717, 1.165) is 5.56 Å². The molecule has 0 radical (unpaired) electrons. The molecule has 5 unspecified atom stereocenters. The number of carbonyl (C=O) groups is 4. The van der Waals surface area contributed by atoms with Gasteiger partial charge < -0.3 is 20.6 Å². The maximum absolute atomic E-state index is 13.2. The van der Waals surface area contributed by atoms with Crippen LogP contribution in [0, 0.1) is 11.8 Å². The molecule has 0 spiro atoms. The summed E-state index contributed by atoms with van der Waals surface area (Å²) >= 11 is 1.53. The number of aliphatic carboxylic acids is 1. The van der Waals surface area contributed by atoms with Crippen LogP contribution in [0.25, 0.3) is 0 Å². The summed E-state index contributed by atoms with van der Waals surface area (Å²) in [6.07, 6.45) is 0.619. The van der Waals surface area contributed by atoms with E-state index in [-0.39, 0.29) is 23.1 Å². The Kier molecular flexibility index (Phi) is 6.93. The van der Waals surface area contributed by atoms with Gasteiger partial charge in [-0.1, -0.05) is 52.3 Å². The summed E-state index contributed by atoms with van der Waals surface area (Å²) in [6, 6.07) is 4.72. The second-order valence-corrected chi connectivity index (χ2v) is 9.55. The summed E-state index contributed by atoms with van der Waals surface area (Å²) in [5, 5.41) is 14.6. The first kappa shape index (κ1) is 23.1. The number of thioether (sulfide) groups is 1. The zero-order chi connectivity index (χ0) is 22.9. The third-order valence-corrected chi connectivity index (χ3v) is 7.32. The van der Waals surface area contributed by atoms with Crippen molar-refractivity contribution >= 4 is 35.5 Å². The summed E-state index contributed by atoms with van der Waals surface area (Å²) in [6.45, 7) is 7.15. The van der Waals surface area contributed by atoms with E-state index in [1.807, 2.05) is 26.0 Å². The van der Waals surface area contributed by atoms with Gasteiger partial charge in [-0.3, -0.25) is 14.4 Å². The Hall–Kier alpha value is -2.55. The molecule has 0 aromatic heterocycles. The lowest BCUT2D eigenvalue weighted by molar-refractivity contribution is -0.143. The van der Waals surface area contributed by atoms with Crippen molar-refractivity contribution in [2.75, 3.05) is 5.75 Å². The predicted octanol–water partition coefficient (Wildman–Crippen LogP) is 2.01. The predicted molar refractivity (Wildman–Crippen MR) is 117 cm³/mol. The zero-order valence-corrected chi connectivity index (χ0v) is 18.9. The highest BCUT2D eigenvalue weighted by atomic mass is 32.2. The second kappa shape index (κ2) is 9.30. The third kappa shape index (κ3) is 4.42. The summed E-state index contributed by atoms with van der Waals surface area (Å²) in [5.74, 6) is -2.29. The summed E-state index contributed by atoms with van der Waals surface area (Å²) in [7, 11) is 0. The molecule has 31 heavy (non-hydrogen) atoms. The molecule has 3 N–H and O–H groups in total. The van der Waals surface area contributed by atoms with Gasteiger partial charge in [-0.15, -0.1) is 11.8 Å². The van der Waals surface area contributed by atoms with Crippen molar-refractivity contribution in [2.24, 2.45) is 11.8 Å². The molecule has 1 fully saturated rings. The average Bonchev–Trinajstić information content (AvgIpc) is 3.29. The molecular formula is C22H29N3O5S. The average molecular weight is 448 g/mol. The third-order valence-electron chi connectivity index (χ3n) is 6.02. The molecule has 0 saturated carbocycles. The molecule has 168 valence electrons. The highest BCUT2D eigenvalue weighted by Gasteiger charge is 2.49. The van der Waals surface area contributed by atoms with Gasteiger partial charge in [0, 0.05) is 11.3 Å². The molecule has 9 heteroatoms. The highest BCUT2D eigenvalue weighted by molar-refractivity contribution is 7.99. The minimum Gasteiger partial charge on any atom is -0.480 e. The van der Waals surface area contributed by atoms with E-state index in [1.54, 1.807) is 30.9 Å². The lowest BCUT2D eigenvalue weighted by atomic mass is 9.96. The maximum atomic E-state index is 13.2. The number of hydrogen-bond donors (Lipinski definition) is 3. The number of carbonyl (C=O) groups excluding carboxylic acids is 3. The van der Waals surface area contributed by atoms with Crippen LogP contribution in [0.2, 0.25) is 0 Å². The molecule has 5 atom stereocenters. The van der Waals surface area contributed by atoms with Crippen LogP contribution in [0.1, 0.15) is 55.4 Å². The van der Waals surface area contributed by atoms with Gasteiger partial charge in [0.2, 0.25) is 11.8 Å². The number of amides is 3. The minimum atomic E-state index is -1.12. The van der Waals surface area contributed by atoms with Crippen molar-refractivity contribution in [3.8, 4) is 0 Å². The van der Waals surface area contributed by atoms with Crippen LogP contribution in [0.15, 0.2) is 24.3 Å². The fourth-order valence-corrected chi connectivity index (χ4v) is 5.42. The number of fused-ring (bicyclic) bond motifs is 3. The molecule has 8 nitrogen and oxygen atoms in total. The quantitative estimate of drug-likeness (QED) is 0.561. The number of nitrogens with one attached hydrogen (secondary N) is 2. The highest BCUT2D eigenvalue weighted by Crippen LogP contribution is 2.48. The normalized spacial score (nSPS) is 22.5. The Balaban J connectivity index is 1.75. The number of carboxylic acids is 1. The molecule has 2 aliphatic rings. The van der Waals surface area contributed by atoms with Crippen LogP contribution in [-0.4, -0.2) is 57.6 Å². The van der Waals surface area contributed by atoms with Crippen LogP contribution in [0.5, 0.6) is 0 Å². The Morgan fingerprint density at radius 1 is 1.16 bits per heavy atom. The van der Waals surface area contributed by atoms with Gasteiger partial charge in [0.25, 0.3) is 5.91 Å². The first-order chi connectivity index (χ1) is 14.7. The number of rotatable bonds is 8. The SMILES string of the molecule is CCC(C)C(NC(=O)C1CSC2c3ccccc3C(=O)N12)C(=O)NC(C(=O)O)C(C)C. The Labute approximate surface area is 186 Å². The topological polar surface area (TPSA) is 116 Å². The standard InChI is InChI=1S/C22H29N3O5S/c1-5-12(4)17(19(27)23-16(11(2)3)22(29)30)24-18(26)15-10-31-21-14-9-7-6-8-13(14)20(28)25(15)21/h6-9,11-12,15-17,21H,5,10H2,1-4H3,(H,23,27)(H,24,26)(H,29,30). The number of nitrogens with zero attached hydrogens (tertiary/aromatic N) is 1. The van der Waals surface area contributed by atoms with Crippen molar-refractivity contribution in [3.05, 3.63) is 35.4 Å². The molecule has 2 heterocycles. The van der Waals surface area contributed by atoms with E-state index in [2.05, 4.69) is 10.6 Å². The molecule has 0 bridgehead atoms. The molecule has 2 aliphatic heterocycles. The fourth-order valence-electron chi connectivity index (χ4n) is 3.95. The Morgan fingerprint density at radius 2 is 1.84 bits per heavy atom. The van der Waals surface area contributed by atoms with Crippen molar-refractivity contribution < 1.29 is 24.3 Å². The monoisotopic (exact) mass is 447 g/mol. The molecule has 3 amide bonds. The smallest absolute Gasteiger partial charge is 0.326 e. The number of benzene rings is 1. The van der Waals surface area contributed by atoms with E-state index in [1.165, 1.54) is 11.8 Å². The largest absolute Gasteiger partial charge is 0.480 e. The molecule has 1 saturated heterocycles. The van der Waals surface area contributed by atoms with Crippen molar-refractivity contribution in [2.45, 2.75) is 57.6 Å². The second-order valence-electron chi connectivity index (χ2n) is 8.44. The van der Waals surface area contributed by atoms with Gasteiger partial charge in [-0.2, -0.15) is 0 Å². The lowest BCUT2D eigenvalue weighted by Crippen LogP contribution is -2.58. The number of carboxylic acid groups (broad SMARTS) is 1. The van der Waals surface area contributed by atoms with E-state index in [0.29, 0.717) is 17.7 Å². The zero-order valence-electron chi connectivity index (χ0n) is 18.1. The van der Waals surface area contributed by atoms with Gasteiger partial charge in [-0.05, 0) is 23.5 Å². The first-order valence-electron chi connectivity index (χ1n) is 10.5. The number of hydrogen-bond acceptors (Lipinski definition) is 5. The lowest BCUT2D eigenvalue weighted by Gasteiger charge is -2.29. The molecule has 0 aliphatic carbocycles. The molecule has 1 aromatic carbocycles. The van der Waals surface area contributed by atoms with Gasteiger partial charge in [0.1, 0.15) is 23.5 Å². The minimum absolute atomic E-state index is 0.180. The molecule has 1 aromatic rings. The fraction of sp³-hybridized carbons (Fsp3) is 0.545. The van der Waals surface area contributed by atoms with Gasteiger partial charge in [0.05, 0.1) is 0 Å². The van der Waals surface area contributed by atoms with E-state index in [9.17, 15) is 24.3 Å². The summed E-state index contributed by atoms with van der Waals surface area (Å²) in [4.78, 5) is 52.0. The van der Waals surface area contributed by atoms with Crippen molar-refractivity contribution in [1.29, 1.82) is 0 Å². The van der Waals surface area contributed by atoms with Crippen molar-refractivity contribution in [1.82, 2.24) is 15.5 Å². The van der Waals surface area contributed by atoms with E-state index in [4.69, 9.17) is 0 Å². The molecular weight excluding hydrogens is 418 g/mol. The van der Waals surface area contributed by atoms with Gasteiger partial charge in [-0.25, -0.2) is 4.79 Å². The maximum Gasteiger partial charge on any atom is 0.326 e. The Bertz CT molecular complexity index is 890. The summed E-state index contributed by atoms with van der Waals surface area (Å²) < 4.78 is 0. The van der Waals surface area contributed by atoms with Crippen LogP contribution in [0.3, 0.4) is 0 Å². The van der Waals surface area contributed by atoms with E-state index >= 15 is 0 Å².